The zero-order chi connectivity index (χ0) is 16.4. The number of hydrogen-bond acceptors (Lipinski definition) is 5. The average Bonchev–Trinajstić information content (AvgIpc) is 3.19. The Morgan fingerprint density at radius 3 is 2.83 bits per heavy atom. The van der Waals surface area contributed by atoms with Gasteiger partial charge < -0.3 is 24.8 Å². The van der Waals surface area contributed by atoms with Crippen LogP contribution in [0.4, 0.5) is 0 Å². The van der Waals surface area contributed by atoms with Crippen LogP contribution in [-0.4, -0.2) is 53.7 Å². The van der Waals surface area contributed by atoms with Crippen LogP contribution in [0.25, 0.3) is 0 Å². The van der Waals surface area contributed by atoms with Crippen LogP contribution in [0.2, 0.25) is 0 Å². The van der Waals surface area contributed by atoms with E-state index in [1.807, 2.05) is 0 Å². The first kappa shape index (κ1) is 15.1. The summed E-state index contributed by atoms with van der Waals surface area (Å²) in [6, 6.07) is 4.23. The molecule has 1 fully saturated rings. The van der Waals surface area contributed by atoms with E-state index >= 15 is 0 Å². The van der Waals surface area contributed by atoms with Crippen molar-refractivity contribution in [2.75, 3.05) is 19.9 Å². The maximum absolute atomic E-state index is 12.6. The number of nitrogens with zero attached hydrogens (tertiary/aromatic N) is 1. The molecule has 0 saturated carbocycles. The van der Waals surface area contributed by atoms with Crippen LogP contribution in [0.1, 0.15) is 23.2 Å². The molecule has 2 heterocycles. The van der Waals surface area contributed by atoms with Gasteiger partial charge in [0.1, 0.15) is 12.6 Å². The Hall–Kier alpha value is -2.77. The van der Waals surface area contributed by atoms with E-state index in [0.29, 0.717) is 36.4 Å². The van der Waals surface area contributed by atoms with Crippen molar-refractivity contribution in [3.05, 3.63) is 23.8 Å². The molecule has 3 rings (SSSR count). The van der Waals surface area contributed by atoms with Gasteiger partial charge in [-0.15, -0.1) is 0 Å². The van der Waals surface area contributed by atoms with Gasteiger partial charge in [0.25, 0.3) is 5.91 Å². The molecule has 23 heavy (non-hydrogen) atoms. The molecule has 122 valence electrons. The number of fused-ring (bicyclic) bond motifs is 1. The predicted molar refractivity (Wildman–Crippen MR) is 77.3 cm³/mol. The molecule has 0 aliphatic carbocycles. The van der Waals surface area contributed by atoms with Crippen LogP contribution in [0, 0.1) is 0 Å². The smallest absolute Gasteiger partial charge is 0.322 e. The van der Waals surface area contributed by atoms with Crippen LogP contribution < -0.4 is 14.8 Å². The highest BCUT2D eigenvalue weighted by atomic mass is 16.7. The largest absolute Gasteiger partial charge is 0.480 e. The molecule has 2 aliphatic rings. The molecule has 2 N–H and O–H groups in total. The summed E-state index contributed by atoms with van der Waals surface area (Å²) in [5.74, 6) is -0.763. The van der Waals surface area contributed by atoms with Gasteiger partial charge in [-0.1, -0.05) is 0 Å². The lowest BCUT2D eigenvalue weighted by Gasteiger charge is -2.23. The van der Waals surface area contributed by atoms with Crippen molar-refractivity contribution >= 4 is 17.8 Å². The Kier molecular flexibility index (Phi) is 4.05. The van der Waals surface area contributed by atoms with Crippen LogP contribution in [0.5, 0.6) is 11.5 Å². The van der Waals surface area contributed by atoms with Gasteiger partial charge in [-0.25, -0.2) is 0 Å². The fourth-order valence-electron chi connectivity index (χ4n) is 2.76. The van der Waals surface area contributed by atoms with Crippen molar-refractivity contribution < 1.29 is 29.0 Å². The molecular formula is C15H16N2O6. The van der Waals surface area contributed by atoms with Gasteiger partial charge >= 0.3 is 5.97 Å². The van der Waals surface area contributed by atoms with Gasteiger partial charge in [-0.2, -0.15) is 0 Å². The summed E-state index contributed by atoms with van der Waals surface area (Å²) < 4.78 is 10.5. The Bertz CT molecular complexity index is 659. The number of likely N-dealkylation sites (tertiary alicyclic amines) is 1. The maximum Gasteiger partial charge on any atom is 0.322 e. The van der Waals surface area contributed by atoms with E-state index in [-0.39, 0.29) is 12.7 Å². The number of carboxylic acids is 1. The fourth-order valence-corrected chi connectivity index (χ4v) is 2.76. The van der Waals surface area contributed by atoms with E-state index < -0.39 is 24.5 Å². The van der Waals surface area contributed by atoms with Gasteiger partial charge in [-0.05, 0) is 31.0 Å². The van der Waals surface area contributed by atoms with Crippen LogP contribution in [0.3, 0.4) is 0 Å². The minimum absolute atomic E-state index is 0.122. The number of amides is 2. The lowest BCUT2D eigenvalue weighted by Crippen LogP contribution is -2.47. The lowest BCUT2D eigenvalue weighted by atomic mass is 10.1. The molecule has 1 atom stereocenters. The number of carbonyl (C=O) groups is 3. The number of hydrogen-bond donors (Lipinski definition) is 2. The second kappa shape index (κ2) is 6.15. The SMILES string of the molecule is O=C(O)CNC(=O)C1CCCN1C(=O)c1ccc2c(c1)OCO2. The van der Waals surface area contributed by atoms with Crippen molar-refractivity contribution in [2.24, 2.45) is 0 Å². The first-order chi connectivity index (χ1) is 11.1. The highest BCUT2D eigenvalue weighted by molar-refractivity contribution is 5.98. The molecule has 1 saturated heterocycles. The molecule has 2 amide bonds. The number of ether oxygens (including phenoxy) is 2. The monoisotopic (exact) mass is 320 g/mol. The quantitative estimate of drug-likeness (QED) is 0.822. The van der Waals surface area contributed by atoms with Gasteiger partial charge in [0.05, 0.1) is 0 Å². The molecular weight excluding hydrogens is 304 g/mol. The Morgan fingerprint density at radius 1 is 1.26 bits per heavy atom. The first-order valence-electron chi connectivity index (χ1n) is 7.26. The molecule has 0 bridgehead atoms. The Balaban J connectivity index is 1.73. The molecule has 1 aromatic rings. The van der Waals surface area contributed by atoms with Crippen molar-refractivity contribution in [3.63, 3.8) is 0 Å². The summed E-state index contributed by atoms with van der Waals surface area (Å²) in [7, 11) is 0. The van der Waals surface area contributed by atoms with E-state index in [1.54, 1.807) is 18.2 Å². The minimum Gasteiger partial charge on any atom is -0.480 e. The normalized spacial score (nSPS) is 18.8. The number of aliphatic carboxylic acids is 1. The molecule has 1 aromatic carbocycles. The summed E-state index contributed by atoms with van der Waals surface area (Å²) in [5, 5.41) is 11.0. The molecule has 1 unspecified atom stereocenters. The molecule has 8 nitrogen and oxygen atoms in total. The summed E-state index contributed by atoms with van der Waals surface area (Å²) >= 11 is 0. The summed E-state index contributed by atoms with van der Waals surface area (Å²) in [6.45, 7) is 0.122. The second-order valence-electron chi connectivity index (χ2n) is 5.34. The summed E-state index contributed by atoms with van der Waals surface area (Å²) in [6.07, 6.45) is 1.21. The van der Waals surface area contributed by atoms with E-state index in [4.69, 9.17) is 14.6 Å². The van der Waals surface area contributed by atoms with E-state index in [9.17, 15) is 14.4 Å². The molecule has 8 heteroatoms. The standard InChI is InChI=1S/C15H16N2O6/c18-13(19)7-16-14(20)10-2-1-5-17(10)15(21)9-3-4-11-12(6-9)23-8-22-11/h3-4,6,10H,1-2,5,7-8H2,(H,16,20)(H,18,19). The molecule has 0 spiro atoms. The Morgan fingerprint density at radius 2 is 2.04 bits per heavy atom. The van der Waals surface area contributed by atoms with Gasteiger partial charge in [0, 0.05) is 12.1 Å². The number of carbonyl (C=O) groups excluding carboxylic acids is 2. The molecule has 2 aliphatic heterocycles. The van der Waals surface area contributed by atoms with Crippen LogP contribution >= 0.6 is 0 Å². The summed E-state index contributed by atoms with van der Waals surface area (Å²) in [5.41, 5.74) is 0.409. The third-order valence-electron chi connectivity index (χ3n) is 3.85. The maximum atomic E-state index is 12.6. The van der Waals surface area contributed by atoms with Crippen molar-refractivity contribution in [3.8, 4) is 11.5 Å². The number of benzene rings is 1. The third kappa shape index (κ3) is 3.05. The number of carboxylic acid groups (broad SMARTS) is 1. The van der Waals surface area contributed by atoms with E-state index in [1.165, 1.54) is 4.90 Å². The van der Waals surface area contributed by atoms with E-state index in [0.717, 1.165) is 0 Å². The van der Waals surface area contributed by atoms with Gasteiger partial charge in [-0.3, -0.25) is 14.4 Å². The highest BCUT2D eigenvalue weighted by Gasteiger charge is 2.35. The fraction of sp³-hybridized carbons (Fsp3) is 0.400. The van der Waals surface area contributed by atoms with Crippen LogP contribution in [-0.2, 0) is 9.59 Å². The topological polar surface area (TPSA) is 105 Å². The second-order valence-corrected chi connectivity index (χ2v) is 5.34. The van der Waals surface area contributed by atoms with Crippen molar-refractivity contribution in [1.82, 2.24) is 10.2 Å². The summed E-state index contributed by atoms with van der Waals surface area (Å²) in [4.78, 5) is 36.7. The highest BCUT2D eigenvalue weighted by Crippen LogP contribution is 2.33. The minimum atomic E-state index is -1.12. The third-order valence-corrected chi connectivity index (χ3v) is 3.85. The molecule has 0 radical (unpaired) electrons. The number of nitrogens with one attached hydrogen (secondary N) is 1. The zero-order valence-corrected chi connectivity index (χ0v) is 12.3. The predicted octanol–water partition coefficient (Wildman–Crippen LogP) is 0.221. The van der Waals surface area contributed by atoms with Crippen molar-refractivity contribution in [1.29, 1.82) is 0 Å². The average molecular weight is 320 g/mol. The first-order valence-corrected chi connectivity index (χ1v) is 7.26. The van der Waals surface area contributed by atoms with Gasteiger partial charge in [0.15, 0.2) is 11.5 Å². The van der Waals surface area contributed by atoms with Crippen molar-refractivity contribution in [2.45, 2.75) is 18.9 Å². The van der Waals surface area contributed by atoms with Crippen LogP contribution in [0.15, 0.2) is 18.2 Å². The molecule has 0 aromatic heterocycles. The number of rotatable bonds is 4. The Labute approximate surface area is 132 Å². The lowest BCUT2D eigenvalue weighted by molar-refractivity contribution is -0.138. The zero-order valence-electron chi connectivity index (χ0n) is 12.3. The van der Waals surface area contributed by atoms with Gasteiger partial charge in [0.2, 0.25) is 12.7 Å². The van der Waals surface area contributed by atoms with E-state index in [2.05, 4.69) is 5.32 Å².